The van der Waals surface area contributed by atoms with Gasteiger partial charge >= 0.3 is 0 Å². The maximum absolute atomic E-state index is 4.43. The van der Waals surface area contributed by atoms with Gasteiger partial charge in [-0.05, 0) is 56.4 Å². The molecule has 2 nitrogen and oxygen atoms in total. The van der Waals surface area contributed by atoms with E-state index in [2.05, 4.69) is 30.3 Å². The predicted molar refractivity (Wildman–Crippen MR) is 77.0 cm³/mol. The van der Waals surface area contributed by atoms with Crippen LogP contribution in [0.1, 0.15) is 42.5 Å². The molecule has 1 heterocycles. The van der Waals surface area contributed by atoms with E-state index in [-0.39, 0.29) is 0 Å². The summed E-state index contributed by atoms with van der Waals surface area (Å²) < 4.78 is 0. The quantitative estimate of drug-likeness (QED) is 0.881. The third-order valence-corrected chi connectivity index (χ3v) is 5.94. The molecular formula is C15H24N2S. The minimum Gasteiger partial charge on any atom is -0.316 e. The fourth-order valence-electron chi connectivity index (χ4n) is 4.26. The van der Waals surface area contributed by atoms with Gasteiger partial charge in [0, 0.05) is 17.6 Å². The van der Waals surface area contributed by atoms with Gasteiger partial charge in [-0.25, -0.2) is 4.98 Å². The van der Waals surface area contributed by atoms with Gasteiger partial charge in [-0.15, -0.1) is 11.3 Å². The highest BCUT2D eigenvalue weighted by Gasteiger charge is 2.50. The van der Waals surface area contributed by atoms with Crippen LogP contribution in [0.5, 0.6) is 0 Å². The summed E-state index contributed by atoms with van der Waals surface area (Å²) in [6.07, 6.45) is 9.26. The van der Waals surface area contributed by atoms with Crippen LogP contribution < -0.4 is 5.32 Å². The predicted octanol–water partition coefficient (Wildman–Crippen LogP) is 3.41. The number of hydrogen-bond donors (Lipinski definition) is 1. The summed E-state index contributed by atoms with van der Waals surface area (Å²) in [7, 11) is 0. The fraction of sp³-hybridized carbons (Fsp3) is 0.800. The zero-order valence-electron chi connectivity index (χ0n) is 11.5. The van der Waals surface area contributed by atoms with Crippen molar-refractivity contribution in [2.45, 2.75) is 46.0 Å². The molecule has 2 saturated carbocycles. The Hall–Kier alpha value is -0.410. The summed E-state index contributed by atoms with van der Waals surface area (Å²) in [5, 5.41) is 4.84. The zero-order chi connectivity index (χ0) is 12.6. The Bertz CT molecular complexity index is 414. The topological polar surface area (TPSA) is 24.9 Å². The second-order valence-electron chi connectivity index (χ2n) is 6.25. The molecule has 100 valence electrons. The molecule has 1 N–H and O–H groups in total. The molecular weight excluding hydrogens is 240 g/mol. The molecule has 3 unspecified atom stereocenters. The molecule has 0 aliphatic heterocycles. The highest BCUT2D eigenvalue weighted by Crippen LogP contribution is 2.57. The zero-order valence-corrected chi connectivity index (χ0v) is 12.4. The third kappa shape index (κ3) is 2.23. The molecule has 1 aromatic rings. The van der Waals surface area contributed by atoms with Crippen molar-refractivity contribution < 1.29 is 0 Å². The summed E-state index contributed by atoms with van der Waals surface area (Å²) in [6, 6.07) is 0. The van der Waals surface area contributed by atoms with Crippen molar-refractivity contribution >= 4 is 11.3 Å². The minimum atomic E-state index is 0.540. The standard InChI is InChI=1S/C15H24N2S/c1-3-16-10-15(7-12-4-5-13(15)6-12)8-14-9-17-11(2)18-14/h9,12-13,16H,3-8,10H2,1-2H3. The Labute approximate surface area is 114 Å². The van der Waals surface area contributed by atoms with E-state index in [1.54, 1.807) is 0 Å². The number of nitrogens with one attached hydrogen (secondary N) is 1. The van der Waals surface area contributed by atoms with E-state index in [4.69, 9.17) is 0 Å². The van der Waals surface area contributed by atoms with Crippen molar-refractivity contribution in [1.82, 2.24) is 10.3 Å². The van der Waals surface area contributed by atoms with Crippen molar-refractivity contribution in [2.24, 2.45) is 17.3 Å². The number of rotatable bonds is 5. The van der Waals surface area contributed by atoms with Gasteiger partial charge in [0.25, 0.3) is 0 Å². The smallest absolute Gasteiger partial charge is 0.0896 e. The summed E-state index contributed by atoms with van der Waals surface area (Å²) in [6.45, 7) is 6.64. The first-order valence-electron chi connectivity index (χ1n) is 7.34. The van der Waals surface area contributed by atoms with E-state index < -0.39 is 0 Å². The number of thiazole rings is 1. The first-order valence-corrected chi connectivity index (χ1v) is 8.15. The van der Waals surface area contributed by atoms with E-state index in [9.17, 15) is 0 Å². The first-order chi connectivity index (χ1) is 8.72. The van der Waals surface area contributed by atoms with E-state index in [1.807, 2.05) is 11.3 Å². The molecule has 3 rings (SSSR count). The second-order valence-corrected chi connectivity index (χ2v) is 7.56. The van der Waals surface area contributed by atoms with E-state index in [0.717, 1.165) is 18.4 Å². The van der Waals surface area contributed by atoms with Gasteiger partial charge in [0.2, 0.25) is 0 Å². The van der Waals surface area contributed by atoms with Crippen LogP contribution in [0, 0.1) is 24.2 Å². The molecule has 0 spiro atoms. The van der Waals surface area contributed by atoms with Crippen LogP contribution in [-0.4, -0.2) is 18.1 Å². The third-order valence-electron chi connectivity index (χ3n) is 5.02. The number of hydrogen-bond acceptors (Lipinski definition) is 3. The SMILES string of the molecule is CCNCC1(Cc2cnc(C)s2)CC2CCC1C2. The van der Waals surface area contributed by atoms with Gasteiger partial charge in [0.15, 0.2) is 0 Å². The molecule has 2 bridgehead atoms. The molecule has 0 saturated heterocycles. The molecule has 3 heteroatoms. The maximum Gasteiger partial charge on any atom is 0.0896 e. The van der Waals surface area contributed by atoms with Gasteiger partial charge in [-0.3, -0.25) is 0 Å². The summed E-state index contributed by atoms with van der Waals surface area (Å²) in [5.74, 6) is 1.98. The van der Waals surface area contributed by atoms with Crippen LogP contribution in [0.25, 0.3) is 0 Å². The summed E-state index contributed by atoms with van der Waals surface area (Å²) in [4.78, 5) is 5.93. The summed E-state index contributed by atoms with van der Waals surface area (Å²) >= 11 is 1.90. The molecule has 18 heavy (non-hydrogen) atoms. The molecule has 2 fully saturated rings. The van der Waals surface area contributed by atoms with Crippen LogP contribution in [0.4, 0.5) is 0 Å². The Balaban J connectivity index is 1.77. The highest BCUT2D eigenvalue weighted by atomic mass is 32.1. The highest BCUT2D eigenvalue weighted by molar-refractivity contribution is 7.11. The van der Waals surface area contributed by atoms with Crippen LogP contribution in [-0.2, 0) is 6.42 Å². The van der Waals surface area contributed by atoms with Gasteiger partial charge < -0.3 is 5.32 Å². The lowest BCUT2D eigenvalue weighted by Gasteiger charge is -2.38. The van der Waals surface area contributed by atoms with Gasteiger partial charge in [0.1, 0.15) is 0 Å². The lowest BCUT2D eigenvalue weighted by Crippen LogP contribution is -2.40. The number of fused-ring (bicyclic) bond motifs is 2. The van der Waals surface area contributed by atoms with Crippen LogP contribution >= 0.6 is 11.3 Å². The van der Waals surface area contributed by atoms with Gasteiger partial charge in [-0.2, -0.15) is 0 Å². The van der Waals surface area contributed by atoms with E-state index >= 15 is 0 Å². The van der Waals surface area contributed by atoms with Crippen molar-refractivity contribution in [3.63, 3.8) is 0 Å². The van der Waals surface area contributed by atoms with Gasteiger partial charge in [0.05, 0.1) is 5.01 Å². The average Bonchev–Trinajstić information content (AvgIpc) is 3.03. The van der Waals surface area contributed by atoms with Crippen molar-refractivity contribution in [3.8, 4) is 0 Å². The molecule has 0 aromatic carbocycles. The maximum atomic E-state index is 4.43. The minimum absolute atomic E-state index is 0.540. The molecule has 1 aromatic heterocycles. The van der Waals surface area contributed by atoms with Crippen molar-refractivity contribution in [1.29, 1.82) is 0 Å². The van der Waals surface area contributed by atoms with Crippen LogP contribution in [0.2, 0.25) is 0 Å². The number of nitrogens with zero attached hydrogens (tertiary/aromatic N) is 1. The molecule has 0 radical (unpaired) electrons. The van der Waals surface area contributed by atoms with E-state index in [0.29, 0.717) is 5.41 Å². The average molecular weight is 264 g/mol. The Morgan fingerprint density at radius 1 is 1.50 bits per heavy atom. The second kappa shape index (κ2) is 4.93. The molecule has 2 aliphatic carbocycles. The normalized spacial score (nSPS) is 34.3. The lowest BCUT2D eigenvalue weighted by atomic mass is 9.70. The van der Waals surface area contributed by atoms with Crippen LogP contribution in [0.3, 0.4) is 0 Å². The first kappa shape index (κ1) is 12.6. The number of aromatic nitrogens is 1. The largest absolute Gasteiger partial charge is 0.316 e. The fourth-order valence-corrected chi connectivity index (χ4v) is 5.21. The Morgan fingerprint density at radius 3 is 2.94 bits per heavy atom. The summed E-state index contributed by atoms with van der Waals surface area (Å²) in [5.41, 5.74) is 0.540. The Kier molecular flexibility index (Phi) is 3.46. The monoisotopic (exact) mass is 264 g/mol. The van der Waals surface area contributed by atoms with Crippen molar-refractivity contribution in [3.05, 3.63) is 16.1 Å². The van der Waals surface area contributed by atoms with E-state index in [1.165, 1.54) is 48.5 Å². The van der Waals surface area contributed by atoms with Crippen molar-refractivity contribution in [2.75, 3.05) is 13.1 Å². The molecule has 0 amide bonds. The van der Waals surface area contributed by atoms with Gasteiger partial charge in [-0.1, -0.05) is 13.3 Å². The number of aryl methyl sites for hydroxylation is 1. The lowest BCUT2D eigenvalue weighted by molar-refractivity contribution is 0.158. The van der Waals surface area contributed by atoms with Crippen LogP contribution in [0.15, 0.2) is 6.20 Å². The molecule has 2 aliphatic rings. The molecule has 3 atom stereocenters. The Morgan fingerprint density at radius 2 is 2.39 bits per heavy atom.